The minimum atomic E-state index is -1.26. The van der Waals surface area contributed by atoms with Crippen LogP contribution in [0, 0.1) is 0 Å². The van der Waals surface area contributed by atoms with Gasteiger partial charge in [0.2, 0.25) is 0 Å². The third-order valence-electron chi connectivity index (χ3n) is 4.30. The SMILES string of the molecule is CC(C)(C)[S@+]([O-])N[C@H](C/C=C/C(=O)O)CCC1(c2ccccc2)OCCO1. The van der Waals surface area contributed by atoms with Crippen LogP contribution in [0.5, 0.6) is 0 Å². The molecule has 0 saturated carbocycles. The van der Waals surface area contributed by atoms with E-state index in [1.165, 1.54) is 0 Å². The van der Waals surface area contributed by atoms with Gasteiger partial charge in [0.25, 0.3) is 0 Å². The molecule has 1 fully saturated rings. The van der Waals surface area contributed by atoms with E-state index in [1.54, 1.807) is 6.08 Å². The van der Waals surface area contributed by atoms with Gasteiger partial charge >= 0.3 is 5.97 Å². The smallest absolute Gasteiger partial charge is 0.327 e. The molecule has 0 radical (unpaired) electrons. The van der Waals surface area contributed by atoms with Crippen LogP contribution >= 0.6 is 0 Å². The van der Waals surface area contributed by atoms with Gasteiger partial charge < -0.3 is 19.1 Å². The van der Waals surface area contributed by atoms with E-state index < -0.39 is 27.9 Å². The van der Waals surface area contributed by atoms with Crippen molar-refractivity contribution in [2.75, 3.05) is 13.2 Å². The summed E-state index contributed by atoms with van der Waals surface area (Å²) in [5, 5.41) is 8.82. The van der Waals surface area contributed by atoms with Crippen molar-refractivity contribution in [3.8, 4) is 0 Å². The number of hydrogen-bond donors (Lipinski definition) is 2. The molecule has 0 unspecified atom stereocenters. The van der Waals surface area contributed by atoms with E-state index in [0.29, 0.717) is 32.5 Å². The van der Waals surface area contributed by atoms with Crippen molar-refractivity contribution >= 4 is 17.3 Å². The predicted octanol–water partition coefficient (Wildman–Crippen LogP) is 3.12. The molecule has 1 aromatic rings. The second-order valence-corrected chi connectivity index (χ2v) is 9.52. The van der Waals surface area contributed by atoms with Crippen LogP contribution in [0.3, 0.4) is 0 Å². The summed E-state index contributed by atoms with van der Waals surface area (Å²) in [5.41, 5.74) is 0.958. The standard InChI is InChI=1S/C20H29NO5S/c1-19(2,3)27(24)21-17(10-7-11-18(22)23)12-13-20(25-14-15-26-20)16-8-5-4-6-9-16/h4-9,11,17,21H,10,12-15H2,1-3H3,(H,22,23)/b11-7+/t17-,27+/m1/s1. The fourth-order valence-electron chi connectivity index (χ4n) is 2.85. The molecular weight excluding hydrogens is 366 g/mol. The van der Waals surface area contributed by atoms with Crippen LogP contribution in [0.4, 0.5) is 0 Å². The Bertz CT molecular complexity index is 623. The van der Waals surface area contributed by atoms with Crippen molar-refractivity contribution in [3.63, 3.8) is 0 Å². The van der Waals surface area contributed by atoms with Gasteiger partial charge in [-0.1, -0.05) is 36.4 Å². The highest BCUT2D eigenvalue weighted by Gasteiger charge is 2.39. The number of hydrogen-bond acceptors (Lipinski definition) is 5. The summed E-state index contributed by atoms with van der Waals surface area (Å²) in [6.07, 6.45) is 4.37. The fourth-order valence-corrected chi connectivity index (χ4v) is 3.72. The maximum Gasteiger partial charge on any atom is 0.327 e. The number of benzene rings is 1. The van der Waals surface area contributed by atoms with Gasteiger partial charge in [0.1, 0.15) is 4.75 Å². The van der Waals surface area contributed by atoms with Crippen molar-refractivity contribution in [2.45, 2.75) is 56.6 Å². The second kappa shape index (κ2) is 9.71. The van der Waals surface area contributed by atoms with Gasteiger partial charge in [0.05, 0.1) is 19.3 Å². The van der Waals surface area contributed by atoms with Crippen LogP contribution in [0.15, 0.2) is 42.5 Å². The number of carbonyl (C=O) groups is 1. The fraction of sp³-hybridized carbons (Fsp3) is 0.550. The lowest BCUT2D eigenvalue weighted by Crippen LogP contribution is -2.45. The van der Waals surface area contributed by atoms with E-state index >= 15 is 0 Å². The molecule has 1 aliphatic heterocycles. The summed E-state index contributed by atoms with van der Waals surface area (Å²) in [4.78, 5) is 10.8. The molecule has 2 rings (SSSR count). The lowest BCUT2D eigenvalue weighted by atomic mass is 9.97. The topological polar surface area (TPSA) is 90.9 Å². The Kier molecular flexibility index (Phi) is 7.88. The minimum Gasteiger partial charge on any atom is -0.598 e. The quantitative estimate of drug-likeness (QED) is 0.493. The summed E-state index contributed by atoms with van der Waals surface area (Å²) >= 11 is -1.26. The van der Waals surface area contributed by atoms with E-state index in [0.717, 1.165) is 11.6 Å². The molecule has 0 aromatic heterocycles. The summed E-state index contributed by atoms with van der Waals surface area (Å²) in [6, 6.07) is 9.63. The molecule has 1 aromatic carbocycles. The zero-order valence-electron chi connectivity index (χ0n) is 16.1. The number of carboxylic acid groups (broad SMARTS) is 1. The van der Waals surface area contributed by atoms with Crippen molar-refractivity contribution < 1.29 is 23.9 Å². The first kappa shape index (κ1) is 21.9. The molecule has 2 atom stereocenters. The molecule has 150 valence electrons. The van der Waals surface area contributed by atoms with Crippen LogP contribution in [-0.2, 0) is 31.4 Å². The Balaban J connectivity index is 2.09. The molecule has 7 heteroatoms. The highest BCUT2D eigenvalue weighted by molar-refractivity contribution is 7.90. The Morgan fingerprint density at radius 3 is 2.52 bits per heavy atom. The molecule has 27 heavy (non-hydrogen) atoms. The number of carboxylic acids is 1. The first-order valence-electron chi connectivity index (χ1n) is 9.14. The third kappa shape index (κ3) is 6.62. The summed E-state index contributed by atoms with van der Waals surface area (Å²) in [7, 11) is 0. The highest BCUT2D eigenvalue weighted by Crippen LogP contribution is 2.36. The number of ether oxygens (including phenoxy) is 2. The van der Waals surface area contributed by atoms with Crippen molar-refractivity contribution in [3.05, 3.63) is 48.0 Å². The summed E-state index contributed by atoms with van der Waals surface area (Å²) in [6.45, 7) is 6.75. The van der Waals surface area contributed by atoms with Gasteiger partial charge in [-0.3, -0.25) is 0 Å². The highest BCUT2D eigenvalue weighted by atomic mass is 32.2. The Hall–Kier alpha value is -1.38. The van der Waals surface area contributed by atoms with E-state index in [2.05, 4.69) is 4.72 Å². The van der Waals surface area contributed by atoms with Crippen LogP contribution in [0.25, 0.3) is 0 Å². The second-order valence-electron chi connectivity index (χ2n) is 7.53. The Morgan fingerprint density at radius 1 is 1.33 bits per heavy atom. The molecule has 0 spiro atoms. The van der Waals surface area contributed by atoms with Gasteiger partial charge in [-0.2, -0.15) is 0 Å². The molecule has 1 saturated heterocycles. The van der Waals surface area contributed by atoms with Crippen LogP contribution < -0.4 is 4.72 Å². The third-order valence-corrected chi connectivity index (χ3v) is 5.96. The molecule has 0 aliphatic carbocycles. The van der Waals surface area contributed by atoms with Crippen LogP contribution in [0.1, 0.15) is 45.6 Å². The Labute approximate surface area is 164 Å². The number of nitrogens with one attached hydrogen (secondary N) is 1. The molecule has 6 nitrogen and oxygen atoms in total. The Morgan fingerprint density at radius 2 is 1.96 bits per heavy atom. The van der Waals surface area contributed by atoms with E-state index in [-0.39, 0.29) is 6.04 Å². The van der Waals surface area contributed by atoms with Crippen LogP contribution in [0.2, 0.25) is 0 Å². The van der Waals surface area contributed by atoms with Gasteiger partial charge in [0, 0.05) is 29.4 Å². The number of aliphatic carboxylic acids is 1. The van der Waals surface area contributed by atoms with E-state index in [9.17, 15) is 9.35 Å². The molecular formula is C20H29NO5S. The monoisotopic (exact) mass is 395 g/mol. The first-order valence-corrected chi connectivity index (χ1v) is 10.3. The van der Waals surface area contributed by atoms with E-state index in [4.69, 9.17) is 14.6 Å². The van der Waals surface area contributed by atoms with Crippen molar-refractivity contribution in [2.24, 2.45) is 0 Å². The van der Waals surface area contributed by atoms with Gasteiger partial charge in [0.15, 0.2) is 5.79 Å². The normalized spacial score (nSPS) is 19.3. The molecule has 0 bridgehead atoms. The maximum atomic E-state index is 12.5. The lowest BCUT2D eigenvalue weighted by molar-refractivity contribution is -0.172. The largest absolute Gasteiger partial charge is 0.598 e. The van der Waals surface area contributed by atoms with E-state index in [1.807, 2.05) is 51.1 Å². The van der Waals surface area contributed by atoms with Crippen molar-refractivity contribution in [1.82, 2.24) is 4.72 Å². The molecule has 2 N–H and O–H groups in total. The number of rotatable bonds is 9. The summed E-state index contributed by atoms with van der Waals surface area (Å²) < 4.78 is 27.2. The van der Waals surface area contributed by atoms with Gasteiger partial charge in [-0.25, -0.2) is 4.79 Å². The molecule has 1 aliphatic rings. The molecule has 0 amide bonds. The van der Waals surface area contributed by atoms with Gasteiger partial charge in [-0.05, 0) is 33.6 Å². The predicted molar refractivity (Wildman–Crippen MR) is 105 cm³/mol. The first-order chi connectivity index (χ1) is 12.7. The molecule has 1 heterocycles. The maximum absolute atomic E-state index is 12.5. The summed E-state index contributed by atoms with van der Waals surface area (Å²) in [5.74, 6) is -1.80. The van der Waals surface area contributed by atoms with Crippen molar-refractivity contribution in [1.29, 1.82) is 0 Å². The zero-order valence-corrected chi connectivity index (χ0v) is 17.0. The van der Waals surface area contributed by atoms with Gasteiger partial charge in [-0.15, -0.1) is 4.72 Å². The zero-order chi connectivity index (χ0) is 19.9. The minimum absolute atomic E-state index is 0.158. The van der Waals surface area contributed by atoms with Crippen LogP contribution in [-0.4, -0.2) is 39.6 Å². The lowest BCUT2D eigenvalue weighted by Gasteiger charge is -2.31. The average molecular weight is 396 g/mol. The average Bonchev–Trinajstić information content (AvgIpc) is 3.09.